The predicted molar refractivity (Wildman–Crippen MR) is 53.6 cm³/mol. The highest BCUT2D eigenvalue weighted by Gasteiger charge is 2.46. The van der Waals surface area contributed by atoms with Crippen LogP contribution in [0, 0.1) is 5.92 Å². The SMILES string of the molecule is C[C@@H](N)C(=O)NC1CCCCC1C(F)(F)F. The summed E-state index contributed by atoms with van der Waals surface area (Å²) in [6.07, 6.45) is -2.49. The average molecular weight is 238 g/mol. The molecule has 1 rings (SSSR count). The van der Waals surface area contributed by atoms with E-state index in [4.69, 9.17) is 5.73 Å². The monoisotopic (exact) mass is 238 g/mol. The van der Waals surface area contributed by atoms with Crippen LogP contribution < -0.4 is 11.1 Å². The molecule has 1 fully saturated rings. The quantitative estimate of drug-likeness (QED) is 0.767. The molecule has 3 nitrogen and oxygen atoms in total. The molecule has 0 aromatic carbocycles. The van der Waals surface area contributed by atoms with Crippen LogP contribution in [-0.4, -0.2) is 24.2 Å². The maximum atomic E-state index is 12.7. The van der Waals surface area contributed by atoms with E-state index in [0.29, 0.717) is 12.8 Å². The van der Waals surface area contributed by atoms with Crippen LogP contribution in [0.2, 0.25) is 0 Å². The van der Waals surface area contributed by atoms with Gasteiger partial charge in [0, 0.05) is 6.04 Å². The summed E-state index contributed by atoms with van der Waals surface area (Å²) in [5.74, 6) is -1.94. The van der Waals surface area contributed by atoms with Gasteiger partial charge in [0.2, 0.25) is 5.91 Å². The molecule has 0 aromatic heterocycles. The molecule has 0 aromatic rings. The van der Waals surface area contributed by atoms with Crippen molar-refractivity contribution in [3.8, 4) is 0 Å². The van der Waals surface area contributed by atoms with Gasteiger partial charge in [0.05, 0.1) is 12.0 Å². The predicted octanol–water partition coefficient (Wildman–Crippen LogP) is 1.57. The van der Waals surface area contributed by atoms with Crippen LogP contribution in [0.15, 0.2) is 0 Å². The van der Waals surface area contributed by atoms with E-state index in [1.165, 1.54) is 6.92 Å². The van der Waals surface area contributed by atoms with E-state index < -0.39 is 30.1 Å². The number of carbonyl (C=O) groups is 1. The van der Waals surface area contributed by atoms with E-state index in [0.717, 1.165) is 6.42 Å². The lowest BCUT2D eigenvalue weighted by Crippen LogP contribution is -2.51. The lowest BCUT2D eigenvalue weighted by atomic mass is 9.84. The largest absolute Gasteiger partial charge is 0.393 e. The van der Waals surface area contributed by atoms with E-state index in [9.17, 15) is 18.0 Å². The molecular formula is C10H17F3N2O. The Kier molecular flexibility index (Phi) is 4.18. The van der Waals surface area contributed by atoms with Crippen molar-refractivity contribution in [3.05, 3.63) is 0 Å². The van der Waals surface area contributed by atoms with Crippen molar-refractivity contribution in [1.29, 1.82) is 0 Å². The smallest absolute Gasteiger partial charge is 0.351 e. The van der Waals surface area contributed by atoms with Crippen molar-refractivity contribution in [1.82, 2.24) is 5.32 Å². The molecule has 0 bridgehead atoms. The van der Waals surface area contributed by atoms with Crippen molar-refractivity contribution >= 4 is 5.91 Å². The Balaban J connectivity index is 2.64. The summed E-state index contributed by atoms with van der Waals surface area (Å²) in [6, 6.07) is -1.58. The first-order valence-electron chi connectivity index (χ1n) is 5.45. The zero-order valence-corrected chi connectivity index (χ0v) is 9.18. The van der Waals surface area contributed by atoms with Gasteiger partial charge >= 0.3 is 6.18 Å². The van der Waals surface area contributed by atoms with Crippen LogP contribution in [0.1, 0.15) is 32.6 Å². The second-order valence-electron chi connectivity index (χ2n) is 4.34. The highest BCUT2D eigenvalue weighted by atomic mass is 19.4. The maximum Gasteiger partial charge on any atom is 0.393 e. The fraction of sp³-hybridized carbons (Fsp3) is 0.900. The first-order chi connectivity index (χ1) is 7.32. The van der Waals surface area contributed by atoms with Crippen LogP contribution in [0.5, 0.6) is 0 Å². The van der Waals surface area contributed by atoms with Gasteiger partial charge in [0.25, 0.3) is 0 Å². The number of nitrogens with one attached hydrogen (secondary N) is 1. The molecule has 0 aliphatic heterocycles. The molecule has 1 aliphatic rings. The zero-order chi connectivity index (χ0) is 12.3. The number of nitrogens with two attached hydrogens (primary N) is 1. The molecule has 0 radical (unpaired) electrons. The van der Waals surface area contributed by atoms with Gasteiger partial charge in [-0.15, -0.1) is 0 Å². The molecule has 1 amide bonds. The Morgan fingerprint density at radius 2 is 1.94 bits per heavy atom. The minimum absolute atomic E-state index is 0.0907. The molecular weight excluding hydrogens is 221 g/mol. The minimum atomic E-state index is -4.24. The minimum Gasteiger partial charge on any atom is -0.351 e. The van der Waals surface area contributed by atoms with Crippen LogP contribution in [0.4, 0.5) is 13.2 Å². The van der Waals surface area contributed by atoms with E-state index in [-0.39, 0.29) is 6.42 Å². The molecule has 1 aliphatic carbocycles. The summed E-state index contributed by atoms with van der Waals surface area (Å²) < 4.78 is 38.0. The number of halogens is 3. The molecule has 1 saturated carbocycles. The van der Waals surface area contributed by atoms with Crippen molar-refractivity contribution in [2.24, 2.45) is 11.7 Å². The molecule has 3 N–H and O–H groups in total. The maximum absolute atomic E-state index is 12.7. The number of carbonyl (C=O) groups excluding carboxylic acids is 1. The lowest BCUT2D eigenvalue weighted by molar-refractivity contribution is -0.189. The normalized spacial score (nSPS) is 28.6. The van der Waals surface area contributed by atoms with Gasteiger partial charge in [0.15, 0.2) is 0 Å². The number of hydrogen-bond donors (Lipinski definition) is 2. The Morgan fingerprint density at radius 3 is 2.44 bits per heavy atom. The van der Waals surface area contributed by atoms with Crippen LogP contribution in [-0.2, 0) is 4.79 Å². The zero-order valence-electron chi connectivity index (χ0n) is 9.18. The first kappa shape index (κ1) is 13.3. The Morgan fingerprint density at radius 1 is 1.38 bits per heavy atom. The Labute approximate surface area is 92.6 Å². The second-order valence-corrected chi connectivity index (χ2v) is 4.34. The van der Waals surface area contributed by atoms with E-state index in [2.05, 4.69) is 5.32 Å². The van der Waals surface area contributed by atoms with E-state index in [1.54, 1.807) is 0 Å². The lowest BCUT2D eigenvalue weighted by Gasteiger charge is -2.33. The average Bonchev–Trinajstić information content (AvgIpc) is 2.16. The van der Waals surface area contributed by atoms with Gasteiger partial charge in [-0.2, -0.15) is 13.2 Å². The Bertz CT molecular complexity index is 253. The summed E-state index contributed by atoms with van der Waals surface area (Å²) in [5.41, 5.74) is 5.31. The summed E-state index contributed by atoms with van der Waals surface area (Å²) in [4.78, 5) is 11.3. The number of amides is 1. The topological polar surface area (TPSA) is 55.1 Å². The first-order valence-corrected chi connectivity index (χ1v) is 5.45. The number of alkyl halides is 3. The van der Waals surface area contributed by atoms with Gasteiger partial charge in [-0.25, -0.2) is 0 Å². The van der Waals surface area contributed by atoms with Crippen molar-refractivity contribution in [2.75, 3.05) is 0 Å². The molecule has 2 unspecified atom stereocenters. The van der Waals surface area contributed by atoms with Gasteiger partial charge in [-0.05, 0) is 19.8 Å². The number of rotatable bonds is 2. The standard InChI is InChI=1S/C10H17F3N2O/c1-6(14)9(16)15-8-5-3-2-4-7(8)10(11,12)13/h6-8H,2-5,14H2,1H3,(H,15,16)/t6-,7?,8?/m1/s1. The highest BCUT2D eigenvalue weighted by Crippen LogP contribution is 2.37. The summed E-state index contributed by atoms with van der Waals surface area (Å²) in [6.45, 7) is 1.46. The van der Waals surface area contributed by atoms with Crippen molar-refractivity contribution < 1.29 is 18.0 Å². The van der Waals surface area contributed by atoms with Gasteiger partial charge in [0.1, 0.15) is 0 Å². The molecule has 0 heterocycles. The highest BCUT2D eigenvalue weighted by molar-refractivity contribution is 5.81. The van der Waals surface area contributed by atoms with Gasteiger partial charge in [-0.3, -0.25) is 4.79 Å². The van der Waals surface area contributed by atoms with Crippen LogP contribution in [0.3, 0.4) is 0 Å². The fourth-order valence-corrected chi connectivity index (χ4v) is 2.01. The van der Waals surface area contributed by atoms with Gasteiger partial charge in [-0.1, -0.05) is 12.8 Å². The number of hydrogen-bond acceptors (Lipinski definition) is 2. The van der Waals surface area contributed by atoms with Crippen molar-refractivity contribution in [3.63, 3.8) is 0 Å². The molecule has 94 valence electrons. The fourth-order valence-electron chi connectivity index (χ4n) is 2.01. The van der Waals surface area contributed by atoms with Crippen LogP contribution >= 0.6 is 0 Å². The third kappa shape index (κ3) is 3.37. The summed E-state index contributed by atoms with van der Waals surface area (Å²) in [7, 11) is 0. The van der Waals surface area contributed by atoms with E-state index >= 15 is 0 Å². The second kappa shape index (κ2) is 5.03. The molecule has 0 spiro atoms. The molecule has 6 heteroatoms. The van der Waals surface area contributed by atoms with E-state index in [1.807, 2.05) is 0 Å². The third-order valence-electron chi connectivity index (χ3n) is 2.93. The summed E-state index contributed by atoms with van der Waals surface area (Å²) >= 11 is 0. The molecule has 3 atom stereocenters. The molecule has 16 heavy (non-hydrogen) atoms. The molecule has 0 saturated heterocycles. The third-order valence-corrected chi connectivity index (χ3v) is 2.93. The van der Waals surface area contributed by atoms with Gasteiger partial charge < -0.3 is 11.1 Å². The van der Waals surface area contributed by atoms with Crippen molar-refractivity contribution in [2.45, 2.75) is 50.9 Å². The summed E-state index contributed by atoms with van der Waals surface area (Å²) in [5, 5.41) is 2.39. The van der Waals surface area contributed by atoms with Crippen LogP contribution in [0.25, 0.3) is 0 Å². The Hall–Kier alpha value is -0.780.